The zero-order valence-corrected chi connectivity index (χ0v) is 19.0. The second-order valence-corrected chi connectivity index (χ2v) is 9.68. The maximum atomic E-state index is 11.5. The van der Waals surface area contributed by atoms with Gasteiger partial charge in [-0.1, -0.05) is 29.7 Å². The molecular weight excluding hydrogens is 426 g/mol. The number of aromatic nitrogens is 4. The van der Waals surface area contributed by atoms with Gasteiger partial charge in [-0.15, -0.1) is 5.10 Å². The molecule has 32 heavy (non-hydrogen) atoms. The zero-order chi connectivity index (χ0) is 22.2. The second kappa shape index (κ2) is 8.70. The Kier molecular flexibility index (Phi) is 5.76. The van der Waals surface area contributed by atoms with E-state index in [2.05, 4.69) is 15.0 Å². The number of ether oxygens (including phenoxy) is 1. The van der Waals surface area contributed by atoms with Crippen molar-refractivity contribution < 1.29 is 9.53 Å². The molecule has 0 aliphatic heterocycles. The van der Waals surface area contributed by atoms with Crippen LogP contribution in [0.25, 0.3) is 10.9 Å². The fourth-order valence-electron chi connectivity index (χ4n) is 5.73. The van der Waals surface area contributed by atoms with Crippen LogP contribution in [0.3, 0.4) is 0 Å². The Balaban J connectivity index is 1.22. The Morgan fingerprint density at radius 1 is 1.28 bits per heavy atom. The minimum atomic E-state index is -0.449. The molecule has 2 heterocycles. The number of hydrogen-bond acceptors (Lipinski definition) is 6. The SMILES string of the molecule is COC(=O)c1cn(CCCCC2CC3Cc4nc5cc(Cl)ccc5c(N)c4C(C2)C3)nn1. The fraction of sp³-hybridized carbons (Fsp3) is 0.500. The summed E-state index contributed by atoms with van der Waals surface area (Å²) < 4.78 is 6.40. The van der Waals surface area contributed by atoms with E-state index in [1.165, 1.54) is 44.1 Å². The summed E-state index contributed by atoms with van der Waals surface area (Å²) in [6.45, 7) is 0.762. The molecule has 3 aromatic rings. The third-order valence-electron chi connectivity index (χ3n) is 7.08. The standard InChI is InChI=1S/C24H28ClN5O2/c1-32-24(31)21-13-30(29-28-21)7-3-2-4-14-8-15-10-16(9-14)22-20(11-15)27-19-12-17(25)5-6-18(19)23(22)26/h5-6,12-16H,2-4,7-11H2,1H3,(H2,26,27). The van der Waals surface area contributed by atoms with E-state index in [9.17, 15) is 4.79 Å². The van der Waals surface area contributed by atoms with Crippen molar-refractivity contribution in [3.8, 4) is 0 Å². The number of fused-ring (bicyclic) bond motifs is 5. The first-order valence-electron chi connectivity index (χ1n) is 11.4. The van der Waals surface area contributed by atoms with Gasteiger partial charge in [0.1, 0.15) is 0 Å². The zero-order valence-electron chi connectivity index (χ0n) is 18.3. The van der Waals surface area contributed by atoms with Crippen LogP contribution in [-0.4, -0.2) is 33.1 Å². The molecule has 1 saturated carbocycles. The highest BCUT2D eigenvalue weighted by atomic mass is 35.5. The molecule has 1 aromatic carbocycles. The van der Waals surface area contributed by atoms with E-state index in [0.29, 0.717) is 22.8 Å². The number of carbonyl (C=O) groups excluding carboxylic acids is 1. The van der Waals surface area contributed by atoms with Gasteiger partial charge in [0.15, 0.2) is 5.69 Å². The van der Waals surface area contributed by atoms with Gasteiger partial charge >= 0.3 is 5.97 Å². The number of rotatable bonds is 6. The predicted octanol–water partition coefficient (Wildman–Crippen LogP) is 4.78. The summed E-state index contributed by atoms with van der Waals surface area (Å²) >= 11 is 6.18. The smallest absolute Gasteiger partial charge is 0.360 e. The highest BCUT2D eigenvalue weighted by Crippen LogP contribution is 2.49. The molecule has 1 fully saturated rings. The first-order valence-corrected chi connectivity index (χ1v) is 11.8. The van der Waals surface area contributed by atoms with Crippen molar-refractivity contribution in [2.24, 2.45) is 11.8 Å². The van der Waals surface area contributed by atoms with Crippen LogP contribution in [0.4, 0.5) is 5.69 Å². The van der Waals surface area contributed by atoms with Crippen molar-refractivity contribution in [2.75, 3.05) is 12.8 Å². The van der Waals surface area contributed by atoms with Crippen LogP contribution in [0.1, 0.15) is 66.2 Å². The predicted molar refractivity (Wildman–Crippen MR) is 124 cm³/mol. The number of nitrogens with zero attached hydrogens (tertiary/aromatic N) is 4. The minimum Gasteiger partial charge on any atom is -0.464 e. The first kappa shape index (κ1) is 21.2. The molecule has 0 spiro atoms. The monoisotopic (exact) mass is 453 g/mol. The average Bonchev–Trinajstić information content (AvgIpc) is 3.24. The van der Waals surface area contributed by atoms with Gasteiger partial charge in [-0.2, -0.15) is 0 Å². The summed E-state index contributed by atoms with van der Waals surface area (Å²) in [4.78, 5) is 16.5. The van der Waals surface area contributed by atoms with Crippen LogP contribution in [-0.2, 0) is 17.7 Å². The number of benzene rings is 1. The lowest BCUT2D eigenvalue weighted by atomic mass is 9.65. The number of pyridine rings is 1. The number of aryl methyl sites for hydroxylation is 1. The van der Waals surface area contributed by atoms with Gasteiger partial charge in [-0.05, 0) is 68.1 Å². The average molecular weight is 454 g/mol. The van der Waals surface area contributed by atoms with Crippen molar-refractivity contribution in [1.29, 1.82) is 0 Å². The summed E-state index contributed by atoms with van der Waals surface area (Å²) in [7, 11) is 1.35. The molecule has 2 N–H and O–H groups in total. The number of nitrogens with two attached hydrogens (primary N) is 1. The summed E-state index contributed by atoms with van der Waals surface area (Å²) in [6, 6.07) is 5.82. The number of halogens is 1. The Hall–Kier alpha value is -2.67. The summed E-state index contributed by atoms with van der Waals surface area (Å²) in [6.07, 6.45) is 9.70. The third-order valence-corrected chi connectivity index (χ3v) is 7.32. The van der Waals surface area contributed by atoms with Crippen LogP contribution in [0.5, 0.6) is 0 Å². The number of esters is 1. The molecule has 2 aliphatic carbocycles. The Bertz CT molecular complexity index is 1160. The molecule has 168 valence electrons. The van der Waals surface area contributed by atoms with Crippen molar-refractivity contribution in [3.63, 3.8) is 0 Å². The van der Waals surface area contributed by atoms with E-state index >= 15 is 0 Å². The summed E-state index contributed by atoms with van der Waals surface area (Å²) in [5, 5.41) is 9.60. The molecule has 8 heteroatoms. The highest BCUT2D eigenvalue weighted by Gasteiger charge is 2.37. The molecule has 0 amide bonds. The number of carbonyl (C=O) groups is 1. The van der Waals surface area contributed by atoms with E-state index in [1.54, 1.807) is 10.9 Å². The largest absolute Gasteiger partial charge is 0.464 e. The number of hydrogen-bond donors (Lipinski definition) is 1. The Morgan fingerprint density at radius 2 is 2.16 bits per heavy atom. The van der Waals surface area contributed by atoms with Crippen LogP contribution >= 0.6 is 11.6 Å². The molecular formula is C24H28ClN5O2. The van der Waals surface area contributed by atoms with Gasteiger partial charge in [0.25, 0.3) is 0 Å². The third kappa shape index (κ3) is 4.06. The van der Waals surface area contributed by atoms with Crippen LogP contribution < -0.4 is 5.73 Å². The molecule has 0 saturated heterocycles. The molecule has 2 bridgehead atoms. The van der Waals surface area contributed by atoms with Gasteiger partial charge in [0.05, 0.1) is 18.8 Å². The summed E-state index contributed by atoms with van der Waals surface area (Å²) in [5.74, 6) is 1.46. The molecule has 3 unspecified atom stereocenters. The molecule has 0 radical (unpaired) electrons. The maximum absolute atomic E-state index is 11.5. The topological polar surface area (TPSA) is 95.9 Å². The van der Waals surface area contributed by atoms with Gasteiger partial charge in [-0.25, -0.2) is 4.79 Å². The van der Waals surface area contributed by atoms with Crippen LogP contribution in [0.15, 0.2) is 24.4 Å². The van der Waals surface area contributed by atoms with Crippen molar-refractivity contribution >= 4 is 34.2 Å². The lowest BCUT2D eigenvalue weighted by Gasteiger charge is -2.40. The van der Waals surface area contributed by atoms with E-state index in [4.69, 9.17) is 22.3 Å². The van der Waals surface area contributed by atoms with Gasteiger partial charge < -0.3 is 10.5 Å². The van der Waals surface area contributed by atoms with Gasteiger partial charge in [0.2, 0.25) is 0 Å². The van der Waals surface area contributed by atoms with Crippen molar-refractivity contribution in [3.05, 3.63) is 46.4 Å². The first-order chi connectivity index (χ1) is 15.5. The number of unbranched alkanes of at least 4 members (excludes halogenated alkanes) is 1. The number of nitrogen functional groups attached to an aromatic ring is 1. The molecule has 2 aliphatic rings. The number of methoxy groups -OCH3 is 1. The fourth-order valence-corrected chi connectivity index (χ4v) is 5.90. The van der Waals surface area contributed by atoms with Crippen molar-refractivity contribution in [2.45, 2.75) is 57.4 Å². The van der Waals surface area contributed by atoms with Crippen molar-refractivity contribution in [1.82, 2.24) is 20.0 Å². The van der Waals surface area contributed by atoms with Gasteiger partial charge in [0, 0.05) is 33.9 Å². The molecule has 3 atom stereocenters. The Labute approximate surface area is 192 Å². The number of anilines is 1. The second-order valence-electron chi connectivity index (χ2n) is 9.24. The normalized spacial score (nSPS) is 22.0. The lowest BCUT2D eigenvalue weighted by Crippen LogP contribution is -2.30. The van der Waals surface area contributed by atoms with E-state index in [-0.39, 0.29) is 5.69 Å². The van der Waals surface area contributed by atoms with Gasteiger partial charge in [-0.3, -0.25) is 9.67 Å². The maximum Gasteiger partial charge on any atom is 0.360 e. The van der Waals surface area contributed by atoms with E-state index in [0.717, 1.165) is 42.4 Å². The molecule has 5 rings (SSSR count). The quantitative estimate of drug-likeness (QED) is 0.426. The van der Waals surface area contributed by atoms with Crippen LogP contribution in [0.2, 0.25) is 5.02 Å². The Morgan fingerprint density at radius 3 is 3.00 bits per heavy atom. The molecule has 2 aromatic heterocycles. The highest BCUT2D eigenvalue weighted by molar-refractivity contribution is 6.31. The van der Waals surface area contributed by atoms with Crippen LogP contribution in [0, 0.1) is 11.8 Å². The minimum absolute atomic E-state index is 0.257. The van der Waals surface area contributed by atoms with E-state index < -0.39 is 5.97 Å². The summed E-state index contributed by atoms with van der Waals surface area (Å²) in [5.41, 5.74) is 11.2. The lowest BCUT2D eigenvalue weighted by molar-refractivity contribution is 0.0594. The van der Waals surface area contributed by atoms with E-state index in [1.807, 2.05) is 18.2 Å². The molecule has 7 nitrogen and oxygen atoms in total.